The minimum atomic E-state index is -1.29. The molecule has 3 heterocycles. The van der Waals surface area contributed by atoms with Crippen LogP contribution in [0.25, 0.3) is 0 Å². The Bertz CT molecular complexity index is 1100. The smallest absolute Gasteiger partial charge is 0.354 e. The minimum Gasteiger partial charge on any atom is -0.480 e. The Balaban J connectivity index is 1.94. The Morgan fingerprint density at radius 2 is 1.63 bits per heavy atom. The third kappa shape index (κ3) is 4.64. The molecule has 3 rings (SSSR count). The van der Waals surface area contributed by atoms with Crippen molar-refractivity contribution < 1.29 is 29.7 Å². The SMILES string of the molecule is O=C(O)c1cccc(CCc2cc(C(C(=O)O)c3ccccn3)c(C(=O)O)cn2)n1. The first-order valence-corrected chi connectivity index (χ1v) is 8.92. The Morgan fingerprint density at radius 1 is 0.867 bits per heavy atom. The lowest BCUT2D eigenvalue weighted by atomic mass is 9.91. The maximum atomic E-state index is 11.9. The first kappa shape index (κ1) is 20.6. The molecule has 0 spiro atoms. The zero-order valence-corrected chi connectivity index (χ0v) is 15.6. The van der Waals surface area contributed by atoms with Gasteiger partial charge in [-0.15, -0.1) is 0 Å². The van der Waals surface area contributed by atoms with E-state index in [-0.39, 0.29) is 22.5 Å². The van der Waals surface area contributed by atoms with Crippen LogP contribution in [0, 0.1) is 0 Å². The van der Waals surface area contributed by atoms with Crippen LogP contribution in [0.4, 0.5) is 0 Å². The number of hydrogen-bond donors (Lipinski definition) is 3. The normalized spacial score (nSPS) is 11.6. The molecule has 1 atom stereocenters. The van der Waals surface area contributed by atoms with Crippen molar-refractivity contribution in [3.05, 3.63) is 88.8 Å². The van der Waals surface area contributed by atoms with Gasteiger partial charge in [-0.1, -0.05) is 12.1 Å². The lowest BCUT2D eigenvalue weighted by Gasteiger charge is -2.16. The molecule has 0 aliphatic carbocycles. The van der Waals surface area contributed by atoms with Crippen LogP contribution >= 0.6 is 0 Å². The Morgan fingerprint density at radius 3 is 2.27 bits per heavy atom. The van der Waals surface area contributed by atoms with Gasteiger partial charge in [-0.3, -0.25) is 14.8 Å². The predicted octanol–water partition coefficient (Wildman–Crippen LogP) is 2.27. The second-order valence-corrected chi connectivity index (χ2v) is 6.41. The second kappa shape index (κ2) is 8.91. The van der Waals surface area contributed by atoms with Gasteiger partial charge in [0.2, 0.25) is 0 Å². The fourth-order valence-electron chi connectivity index (χ4n) is 3.03. The molecule has 1 unspecified atom stereocenters. The molecule has 0 aromatic carbocycles. The van der Waals surface area contributed by atoms with Crippen LogP contribution in [0.5, 0.6) is 0 Å². The number of rotatable bonds is 8. The molecule has 0 fully saturated rings. The fourth-order valence-corrected chi connectivity index (χ4v) is 3.03. The molecule has 3 N–H and O–H groups in total. The minimum absolute atomic E-state index is 0.0749. The van der Waals surface area contributed by atoms with Crippen LogP contribution in [0.15, 0.2) is 54.9 Å². The van der Waals surface area contributed by atoms with Crippen molar-refractivity contribution in [1.82, 2.24) is 15.0 Å². The summed E-state index contributed by atoms with van der Waals surface area (Å²) in [6.45, 7) is 0. The number of hydrogen-bond acceptors (Lipinski definition) is 6. The quantitative estimate of drug-likeness (QED) is 0.511. The number of pyridine rings is 3. The number of carbonyl (C=O) groups is 3. The van der Waals surface area contributed by atoms with Crippen LogP contribution < -0.4 is 0 Å². The molecule has 9 heteroatoms. The van der Waals surface area contributed by atoms with Gasteiger partial charge in [0.25, 0.3) is 0 Å². The van der Waals surface area contributed by atoms with E-state index in [4.69, 9.17) is 5.11 Å². The number of aromatic nitrogens is 3. The highest BCUT2D eigenvalue weighted by Crippen LogP contribution is 2.27. The van der Waals surface area contributed by atoms with E-state index < -0.39 is 23.8 Å². The van der Waals surface area contributed by atoms with Crippen LogP contribution in [0.3, 0.4) is 0 Å². The largest absolute Gasteiger partial charge is 0.480 e. The van der Waals surface area contributed by atoms with E-state index in [1.54, 1.807) is 24.3 Å². The first-order valence-electron chi connectivity index (χ1n) is 8.92. The molecule has 9 nitrogen and oxygen atoms in total. The van der Waals surface area contributed by atoms with Gasteiger partial charge in [-0.05, 0) is 48.7 Å². The summed E-state index contributed by atoms with van der Waals surface area (Å²) in [5, 5.41) is 28.3. The van der Waals surface area contributed by atoms with Crippen LogP contribution in [-0.4, -0.2) is 48.2 Å². The molecule has 0 aliphatic rings. The third-order valence-electron chi connectivity index (χ3n) is 4.43. The van der Waals surface area contributed by atoms with Crippen molar-refractivity contribution in [1.29, 1.82) is 0 Å². The molecule has 152 valence electrons. The van der Waals surface area contributed by atoms with Crippen molar-refractivity contribution >= 4 is 17.9 Å². The van der Waals surface area contributed by atoms with Crippen molar-refractivity contribution in [2.75, 3.05) is 0 Å². The van der Waals surface area contributed by atoms with E-state index in [0.29, 0.717) is 24.2 Å². The zero-order valence-electron chi connectivity index (χ0n) is 15.6. The number of carboxylic acids is 3. The maximum absolute atomic E-state index is 11.9. The molecule has 0 amide bonds. The summed E-state index contributed by atoms with van der Waals surface area (Å²) in [4.78, 5) is 46.9. The topological polar surface area (TPSA) is 151 Å². The molecular weight excluding hydrogens is 390 g/mol. The van der Waals surface area contributed by atoms with Gasteiger partial charge in [-0.25, -0.2) is 14.6 Å². The van der Waals surface area contributed by atoms with E-state index in [2.05, 4.69) is 15.0 Å². The molecule has 0 saturated carbocycles. The first-order chi connectivity index (χ1) is 14.4. The molecule has 3 aromatic heterocycles. The van der Waals surface area contributed by atoms with E-state index >= 15 is 0 Å². The highest BCUT2D eigenvalue weighted by atomic mass is 16.4. The highest BCUT2D eigenvalue weighted by molar-refractivity contribution is 5.92. The Kier molecular flexibility index (Phi) is 6.11. The van der Waals surface area contributed by atoms with Gasteiger partial charge >= 0.3 is 17.9 Å². The standard InChI is InChI=1S/C21H17N3O6/c25-19(26)15-11-23-13(8-7-12-4-3-6-17(24-12)20(27)28)10-14(15)18(21(29)30)16-5-1-2-9-22-16/h1-6,9-11,18H,7-8H2,(H,25,26)(H,27,28)(H,29,30). The maximum Gasteiger partial charge on any atom is 0.354 e. The molecule has 0 bridgehead atoms. The third-order valence-corrected chi connectivity index (χ3v) is 4.43. The summed E-state index contributed by atoms with van der Waals surface area (Å²) in [6, 6.07) is 10.9. The molecule has 0 radical (unpaired) electrons. The van der Waals surface area contributed by atoms with Gasteiger partial charge < -0.3 is 15.3 Å². The van der Waals surface area contributed by atoms with Gasteiger partial charge in [0.05, 0.1) is 11.3 Å². The summed E-state index contributed by atoms with van der Waals surface area (Å²) >= 11 is 0. The van der Waals surface area contributed by atoms with Crippen LogP contribution in [0.1, 0.15) is 49.4 Å². The Labute approximate surface area is 170 Å². The number of aliphatic carboxylic acids is 1. The zero-order chi connectivity index (χ0) is 21.7. The highest BCUT2D eigenvalue weighted by Gasteiger charge is 2.28. The van der Waals surface area contributed by atoms with Gasteiger partial charge in [0.1, 0.15) is 11.6 Å². The number of aromatic carboxylic acids is 2. The van der Waals surface area contributed by atoms with Gasteiger partial charge in [0, 0.05) is 23.8 Å². The van der Waals surface area contributed by atoms with Crippen LogP contribution in [-0.2, 0) is 17.6 Å². The van der Waals surface area contributed by atoms with Crippen molar-refractivity contribution in [2.45, 2.75) is 18.8 Å². The Hall–Kier alpha value is -4.14. The van der Waals surface area contributed by atoms with Crippen molar-refractivity contribution in [2.24, 2.45) is 0 Å². The summed E-state index contributed by atoms with van der Waals surface area (Å²) in [7, 11) is 0. The molecule has 3 aromatic rings. The number of aryl methyl sites for hydroxylation is 2. The predicted molar refractivity (Wildman–Crippen MR) is 104 cm³/mol. The fraction of sp³-hybridized carbons (Fsp3) is 0.143. The molecule has 0 aliphatic heterocycles. The average molecular weight is 407 g/mol. The van der Waals surface area contributed by atoms with E-state index in [9.17, 15) is 24.6 Å². The van der Waals surface area contributed by atoms with E-state index in [0.717, 1.165) is 6.20 Å². The summed E-state index contributed by atoms with van der Waals surface area (Å²) in [5.41, 5.74) is 0.970. The monoisotopic (exact) mass is 407 g/mol. The van der Waals surface area contributed by atoms with E-state index in [1.165, 1.54) is 24.4 Å². The van der Waals surface area contributed by atoms with Gasteiger partial charge in [0.15, 0.2) is 0 Å². The van der Waals surface area contributed by atoms with Crippen LogP contribution in [0.2, 0.25) is 0 Å². The van der Waals surface area contributed by atoms with Crippen molar-refractivity contribution in [3.8, 4) is 0 Å². The summed E-state index contributed by atoms with van der Waals surface area (Å²) in [6.07, 6.45) is 3.24. The summed E-state index contributed by atoms with van der Waals surface area (Å²) < 4.78 is 0. The average Bonchev–Trinajstić information content (AvgIpc) is 2.73. The van der Waals surface area contributed by atoms with Crippen molar-refractivity contribution in [3.63, 3.8) is 0 Å². The second-order valence-electron chi connectivity index (χ2n) is 6.41. The lowest BCUT2D eigenvalue weighted by molar-refractivity contribution is -0.137. The molecular formula is C21H17N3O6. The summed E-state index contributed by atoms with van der Waals surface area (Å²) in [5.74, 6) is -4.93. The molecule has 0 saturated heterocycles. The number of nitrogens with zero attached hydrogens (tertiary/aromatic N) is 3. The molecule has 30 heavy (non-hydrogen) atoms. The lowest BCUT2D eigenvalue weighted by Crippen LogP contribution is -2.19. The van der Waals surface area contributed by atoms with E-state index in [1.807, 2.05) is 0 Å². The van der Waals surface area contributed by atoms with Gasteiger partial charge in [-0.2, -0.15) is 0 Å². The number of carboxylic acid groups (broad SMARTS) is 3.